The van der Waals surface area contributed by atoms with Gasteiger partial charge in [0, 0.05) is 33.8 Å². The van der Waals surface area contributed by atoms with Gasteiger partial charge in [-0.05, 0) is 18.2 Å². The minimum Gasteiger partial charge on any atom is -0.466 e. The third-order valence-corrected chi connectivity index (χ3v) is 3.04. The van der Waals surface area contributed by atoms with Crippen molar-refractivity contribution < 1.29 is 19.1 Å². The predicted octanol–water partition coefficient (Wildman–Crippen LogP) is 2.55. The van der Waals surface area contributed by atoms with Crippen LogP contribution in [0.25, 0.3) is 16.5 Å². The van der Waals surface area contributed by atoms with Gasteiger partial charge in [0.15, 0.2) is 0 Å². The van der Waals surface area contributed by atoms with E-state index in [4.69, 9.17) is 16.3 Å². The van der Waals surface area contributed by atoms with Gasteiger partial charge in [-0.15, -0.1) is 0 Å². The fourth-order valence-corrected chi connectivity index (χ4v) is 2.02. The van der Waals surface area contributed by atoms with Gasteiger partial charge in [-0.1, -0.05) is 11.6 Å². The van der Waals surface area contributed by atoms with Crippen molar-refractivity contribution in [1.82, 2.24) is 4.98 Å². The predicted molar refractivity (Wildman–Crippen MR) is 75.3 cm³/mol. The number of hydrogen-bond acceptors (Lipinski definition) is 4. The molecule has 0 saturated carbocycles. The molecule has 1 N–H and O–H groups in total. The van der Waals surface area contributed by atoms with Crippen LogP contribution in [0.1, 0.15) is 5.56 Å². The van der Waals surface area contributed by atoms with Crippen molar-refractivity contribution in [2.75, 3.05) is 14.2 Å². The Morgan fingerprint density at radius 1 is 1.25 bits per heavy atom. The maximum Gasteiger partial charge on any atom is 0.338 e. The van der Waals surface area contributed by atoms with Gasteiger partial charge in [0.25, 0.3) is 0 Å². The number of carbonyl (C=O) groups excluding carboxylic acids is 2. The first-order valence-corrected chi connectivity index (χ1v) is 6.09. The summed E-state index contributed by atoms with van der Waals surface area (Å²) in [6.45, 7) is 0. The highest BCUT2D eigenvalue weighted by molar-refractivity contribution is 6.32. The number of halogens is 1. The van der Waals surface area contributed by atoms with E-state index >= 15 is 0 Å². The lowest BCUT2D eigenvalue weighted by atomic mass is 10.0. The average Bonchev–Trinajstić information content (AvgIpc) is 2.86. The Bertz CT molecular complexity index is 702. The van der Waals surface area contributed by atoms with Crippen LogP contribution in [0, 0.1) is 0 Å². The van der Waals surface area contributed by atoms with Gasteiger partial charge < -0.3 is 14.5 Å². The molecule has 1 heterocycles. The lowest BCUT2D eigenvalue weighted by molar-refractivity contribution is -0.136. The highest BCUT2D eigenvalue weighted by Gasteiger charge is 2.18. The molecule has 0 aliphatic carbocycles. The number of aromatic amines is 1. The van der Waals surface area contributed by atoms with E-state index < -0.39 is 11.9 Å². The summed E-state index contributed by atoms with van der Waals surface area (Å²) in [6.07, 6.45) is 2.71. The van der Waals surface area contributed by atoms with E-state index in [0.29, 0.717) is 10.6 Å². The number of aromatic nitrogens is 1. The van der Waals surface area contributed by atoms with Crippen molar-refractivity contribution >= 4 is 40.0 Å². The molecule has 0 radical (unpaired) electrons. The number of carbonyl (C=O) groups is 2. The molecule has 6 heteroatoms. The van der Waals surface area contributed by atoms with Gasteiger partial charge in [0.2, 0.25) is 0 Å². The lowest BCUT2D eigenvalue weighted by Gasteiger charge is -2.04. The standard InChI is InChI=1S/C14H12ClNO4/c1-19-13(17)6-10(14(18)20-2)11-7-16-12-4-3-8(15)5-9(11)12/h3-7,16H,1-2H3/b10-6-. The van der Waals surface area contributed by atoms with E-state index in [-0.39, 0.29) is 5.57 Å². The van der Waals surface area contributed by atoms with E-state index in [9.17, 15) is 9.59 Å². The summed E-state index contributed by atoms with van der Waals surface area (Å²) in [4.78, 5) is 26.3. The zero-order valence-corrected chi connectivity index (χ0v) is 11.7. The zero-order valence-electron chi connectivity index (χ0n) is 10.9. The molecule has 0 saturated heterocycles. The first-order valence-electron chi connectivity index (χ1n) is 5.71. The van der Waals surface area contributed by atoms with Crippen LogP contribution in [-0.2, 0) is 19.1 Å². The molecule has 0 atom stereocenters. The summed E-state index contributed by atoms with van der Waals surface area (Å²) in [5.41, 5.74) is 1.43. The van der Waals surface area contributed by atoms with Gasteiger partial charge in [0.05, 0.1) is 19.8 Å². The topological polar surface area (TPSA) is 68.4 Å². The highest BCUT2D eigenvalue weighted by atomic mass is 35.5. The van der Waals surface area contributed by atoms with Crippen LogP contribution >= 0.6 is 11.6 Å². The monoisotopic (exact) mass is 293 g/mol. The van der Waals surface area contributed by atoms with E-state index in [2.05, 4.69) is 9.72 Å². The van der Waals surface area contributed by atoms with Crippen LogP contribution in [0.4, 0.5) is 0 Å². The quantitative estimate of drug-likeness (QED) is 0.697. The Morgan fingerprint density at radius 2 is 2.00 bits per heavy atom. The second kappa shape index (κ2) is 5.79. The number of H-pyrrole nitrogens is 1. The smallest absolute Gasteiger partial charge is 0.338 e. The summed E-state index contributed by atoms with van der Waals surface area (Å²) in [5, 5.41) is 1.25. The van der Waals surface area contributed by atoms with Gasteiger partial charge >= 0.3 is 11.9 Å². The van der Waals surface area contributed by atoms with Crippen LogP contribution in [0.2, 0.25) is 5.02 Å². The Morgan fingerprint density at radius 3 is 2.65 bits per heavy atom. The molecule has 0 amide bonds. The van der Waals surface area contributed by atoms with Gasteiger partial charge in [-0.2, -0.15) is 0 Å². The molecule has 20 heavy (non-hydrogen) atoms. The summed E-state index contributed by atoms with van der Waals surface area (Å²) in [7, 11) is 2.48. The number of methoxy groups -OCH3 is 2. The van der Waals surface area contributed by atoms with E-state index in [1.165, 1.54) is 14.2 Å². The van der Waals surface area contributed by atoms with Crippen molar-refractivity contribution in [2.45, 2.75) is 0 Å². The minimum atomic E-state index is -0.637. The lowest BCUT2D eigenvalue weighted by Crippen LogP contribution is -2.07. The molecular formula is C14H12ClNO4. The largest absolute Gasteiger partial charge is 0.466 e. The number of esters is 2. The third-order valence-electron chi connectivity index (χ3n) is 2.80. The number of benzene rings is 1. The van der Waals surface area contributed by atoms with E-state index in [0.717, 1.165) is 17.0 Å². The molecule has 0 unspecified atom stereocenters. The second-order valence-electron chi connectivity index (χ2n) is 3.97. The molecule has 1 aromatic carbocycles. The first-order chi connectivity index (χ1) is 9.56. The number of nitrogens with one attached hydrogen (secondary N) is 1. The number of rotatable bonds is 3. The average molecular weight is 294 g/mol. The van der Waals surface area contributed by atoms with Gasteiger partial charge in [0.1, 0.15) is 0 Å². The Hall–Kier alpha value is -2.27. The summed E-state index contributed by atoms with van der Waals surface area (Å²) in [6, 6.07) is 5.22. The van der Waals surface area contributed by atoms with Crippen molar-refractivity contribution in [3.8, 4) is 0 Å². The fraction of sp³-hybridized carbons (Fsp3) is 0.143. The molecule has 5 nitrogen and oxygen atoms in total. The Kier molecular flexibility index (Phi) is 4.10. The molecule has 2 rings (SSSR count). The van der Waals surface area contributed by atoms with Crippen LogP contribution in [-0.4, -0.2) is 31.1 Å². The van der Waals surface area contributed by atoms with Crippen molar-refractivity contribution in [3.63, 3.8) is 0 Å². The second-order valence-corrected chi connectivity index (χ2v) is 4.40. The molecule has 0 aliphatic rings. The molecule has 0 spiro atoms. The summed E-state index contributed by atoms with van der Waals surface area (Å²) in [5.74, 6) is -1.27. The maximum absolute atomic E-state index is 11.8. The molecular weight excluding hydrogens is 282 g/mol. The SMILES string of the molecule is COC(=O)/C=C(\C(=O)OC)c1c[nH]c2ccc(Cl)cc12. The molecule has 2 aromatic rings. The van der Waals surface area contributed by atoms with Crippen molar-refractivity contribution in [1.29, 1.82) is 0 Å². The highest BCUT2D eigenvalue weighted by Crippen LogP contribution is 2.28. The summed E-state index contributed by atoms with van der Waals surface area (Å²) < 4.78 is 9.25. The number of ether oxygens (including phenoxy) is 2. The van der Waals surface area contributed by atoms with Crippen molar-refractivity contribution in [3.05, 3.63) is 41.1 Å². The van der Waals surface area contributed by atoms with Crippen LogP contribution in [0.3, 0.4) is 0 Å². The Labute approximate surface area is 120 Å². The van der Waals surface area contributed by atoms with Gasteiger partial charge in [-0.3, -0.25) is 0 Å². The minimum absolute atomic E-state index is 0.105. The fourth-order valence-electron chi connectivity index (χ4n) is 1.85. The van der Waals surface area contributed by atoms with Crippen LogP contribution in [0.5, 0.6) is 0 Å². The molecule has 104 valence electrons. The number of hydrogen-bond donors (Lipinski definition) is 1. The van der Waals surface area contributed by atoms with Crippen LogP contribution in [0.15, 0.2) is 30.5 Å². The number of fused-ring (bicyclic) bond motifs is 1. The van der Waals surface area contributed by atoms with E-state index in [1.807, 2.05) is 0 Å². The zero-order chi connectivity index (χ0) is 14.7. The summed E-state index contributed by atoms with van der Waals surface area (Å²) >= 11 is 5.96. The van der Waals surface area contributed by atoms with Crippen LogP contribution < -0.4 is 0 Å². The molecule has 0 fully saturated rings. The normalized spacial score (nSPS) is 11.4. The van der Waals surface area contributed by atoms with Gasteiger partial charge in [-0.25, -0.2) is 9.59 Å². The Balaban J connectivity index is 2.62. The van der Waals surface area contributed by atoms with Crippen molar-refractivity contribution in [2.24, 2.45) is 0 Å². The molecule has 1 aromatic heterocycles. The first kappa shape index (κ1) is 14.1. The molecule has 0 aliphatic heterocycles. The van der Waals surface area contributed by atoms with E-state index in [1.54, 1.807) is 24.4 Å². The maximum atomic E-state index is 11.8. The molecule has 0 bridgehead atoms. The third kappa shape index (κ3) is 2.67.